The maximum absolute atomic E-state index is 12.2. The molecule has 114 valence electrons. The predicted molar refractivity (Wildman–Crippen MR) is 82.3 cm³/mol. The third kappa shape index (κ3) is 3.18. The summed E-state index contributed by atoms with van der Waals surface area (Å²) in [5.74, 6) is -1.07. The Morgan fingerprint density at radius 3 is 2.73 bits per heavy atom. The summed E-state index contributed by atoms with van der Waals surface area (Å²) in [7, 11) is 0. The highest BCUT2D eigenvalue weighted by Crippen LogP contribution is 2.26. The molecule has 2 aromatic rings. The summed E-state index contributed by atoms with van der Waals surface area (Å²) in [6.07, 6.45) is 0.865. The first-order valence-electron chi connectivity index (χ1n) is 6.93. The van der Waals surface area contributed by atoms with Crippen LogP contribution in [-0.2, 0) is 24.3 Å². The van der Waals surface area contributed by atoms with Gasteiger partial charge in [-0.25, -0.2) is 4.79 Å². The van der Waals surface area contributed by atoms with Crippen LogP contribution in [0.3, 0.4) is 0 Å². The summed E-state index contributed by atoms with van der Waals surface area (Å²) in [6, 6.07) is 8.37. The predicted octanol–water partition coefficient (Wildman–Crippen LogP) is 2.45. The molecule has 0 saturated heterocycles. The minimum Gasteiger partial charge on any atom is -0.478 e. The summed E-state index contributed by atoms with van der Waals surface area (Å²) in [4.78, 5) is 24.9. The third-order valence-corrected chi connectivity index (χ3v) is 4.74. The van der Waals surface area contributed by atoms with Crippen molar-refractivity contribution in [2.75, 3.05) is 6.61 Å². The minimum atomic E-state index is -0.957. The molecule has 1 amide bonds. The number of carbonyl (C=O) groups is 2. The van der Waals surface area contributed by atoms with Gasteiger partial charge in [0.2, 0.25) is 0 Å². The number of hydrogen-bond acceptors (Lipinski definition) is 4. The molecule has 0 radical (unpaired) electrons. The van der Waals surface area contributed by atoms with E-state index in [-0.39, 0.29) is 11.5 Å². The van der Waals surface area contributed by atoms with Gasteiger partial charge in [0.05, 0.1) is 23.7 Å². The van der Waals surface area contributed by atoms with E-state index in [0.717, 1.165) is 17.5 Å². The molecule has 1 aromatic heterocycles. The van der Waals surface area contributed by atoms with E-state index in [0.29, 0.717) is 24.6 Å². The van der Waals surface area contributed by atoms with E-state index in [1.807, 2.05) is 6.07 Å². The van der Waals surface area contributed by atoms with Gasteiger partial charge >= 0.3 is 5.97 Å². The van der Waals surface area contributed by atoms with Crippen LogP contribution >= 0.6 is 11.3 Å². The average Bonchev–Trinajstić information content (AvgIpc) is 2.97. The van der Waals surface area contributed by atoms with Crippen LogP contribution in [0, 0.1) is 0 Å². The molecule has 0 fully saturated rings. The molecule has 0 atom stereocenters. The Morgan fingerprint density at radius 2 is 2.05 bits per heavy atom. The van der Waals surface area contributed by atoms with E-state index < -0.39 is 5.97 Å². The number of amides is 1. The summed E-state index contributed by atoms with van der Waals surface area (Å²) < 4.78 is 5.38. The van der Waals surface area contributed by atoms with Gasteiger partial charge < -0.3 is 15.2 Å². The van der Waals surface area contributed by atoms with Gasteiger partial charge in [-0.05, 0) is 29.3 Å². The lowest BCUT2D eigenvalue weighted by atomic mass is 10.1. The molecule has 6 heteroatoms. The van der Waals surface area contributed by atoms with Crippen molar-refractivity contribution in [3.05, 3.63) is 56.8 Å². The van der Waals surface area contributed by atoms with Crippen molar-refractivity contribution in [3.63, 3.8) is 0 Å². The number of thiophene rings is 1. The quantitative estimate of drug-likeness (QED) is 0.908. The average molecular weight is 317 g/mol. The van der Waals surface area contributed by atoms with Gasteiger partial charge in [-0.2, -0.15) is 0 Å². The van der Waals surface area contributed by atoms with Crippen molar-refractivity contribution < 1.29 is 19.4 Å². The molecule has 0 unspecified atom stereocenters. The second-order valence-electron chi connectivity index (χ2n) is 5.05. The Bertz CT molecular complexity index is 682. The first kappa shape index (κ1) is 14.7. The van der Waals surface area contributed by atoms with Gasteiger partial charge in [-0.1, -0.05) is 12.1 Å². The maximum atomic E-state index is 12.2. The number of nitrogens with one attached hydrogen (secondary N) is 1. The lowest BCUT2D eigenvalue weighted by Crippen LogP contribution is -2.21. The van der Waals surface area contributed by atoms with E-state index in [9.17, 15) is 9.59 Å². The zero-order chi connectivity index (χ0) is 15.5. The number of carbonyl (C=O) groups excluding carboxylic acids is 1. The Balaban J connectivity index is 1.62. The van der Waals surface area contributed by atoms with Crippen LogP contribution in [0.15, 0.2) is 30.3 Å². The minimum absolute atomic E-state index is 0.110. The second-order valence-corrected chi connectivity index (χ2v) is 6.18. The molecular weight excluding hydrogens is 302 g/mol. The first-order valence-corrected chi connectivity index (χ1v) is 7.75. The Kier molecular flexibility index (Phi) is 4.22. The number of fused-ring (bicyclic) bond motifs is 1. The number of benzene rings is 1. The smallest absolute Gasteiger partial charge is 0.335 e. The zero-order valence-corrected chi connectivity index (χ0v) is 12.6. The number of carboxylic acids is 1. The molecule has 0 saturated carbocycles. The summed E-state index contributed by atoms with van der Waals surface area (Å²) in [5, 5.41) is 11.7. The Morgan fingerprint density at radius 1 is 1.27 bits per heavy atom. The molecule has 1 aromatic carbocycles. The van der Waals surface area contributed by atoms with Crippen molar-refractivity contribution in [1.29, 1.82) is 0 Å². The molecular formula is C16H15NO4S. The van der Waals surface area contributed by atoms with Crippen molar-refractivity contribution in [1.82, 2.24) is 5.32 Å². The fraction of sp³-hybridized carbons (Fsp3) is 0.250. The Hall–Kier alpha value is -2.18. The first-order chi connectivity index (χ1) is 10.6. The molecule has 0 aliphatic carbocycles. The molecule has 2 heterocycles. The van der Waals surface area contributed by atoms with E-state index in [2.05, 4.69) is 5.32 Å². The van der Waals surface area contributed by atoms with Crippen molar-refractivity contribution >= 4 is 23.2 Å². The van der Waals surface area contributed by atoms with Gasteiger partial charge in [0.25, 0.3) is 5.91 Å². The third-order valence-electron chi connectivity index (χ3n) is 3.51. The normalized spacial score (nSPS) is 13.5. The van der Waals surface area contributed by atoms with Crippen LogP contribution in [0.1, 0.15) is 36.0 Å². The largest absolute Gasteiger partial charge is 0.478 e. The molecule has 0 spiro atoms. The number of ether oxygens (including phenoxy) is 1. The van der Waals surface area contributed by atoms with E-state index in [1.54, 1.807) is 12.1 Å². The van der Waals surface area contributed by atoms with Gasteiger partial charge in [0.15, 0.2) is 0 Å². The summed E-state index contributed by atoms with van der Waals surface area (Å²) >= 11 is 1.52. The molecule has 0 bridgehead atoms. The number of carboxylic acid groups (broad SMARTS) is 1. The van der Waals surface area contributed by atoms with Gasteiger partial charge in [-0.3, -0.25) is 4.79 Å². The molecule has 2 N–H and O–H groups in total. The fourth-order valence-electron chi connectivity index (χ4n) is 2.29. The van der Waals surface area contributed by atoms with Gasteiger partial charge in [0.1, 0.15) is 0 Å². The van der Waals surface area contributed by atoms with Crippen LogP contribution in [0.2, 0.25) is 0 Å². The molecule has 1 aliphatic heterocycles. The maximum Gasteiger partial charge on any atom is 0.335 e. The van der Waals surface area contributed by atoms with E-state index in [4.69, 9.17) is 9.84 Å². The summed E-state index contributed by atoms with van der Waals surface area (Å²) in [5.41, 5.74) is 2.20. The highest BCUT2D eigenvalue weighted by atomic mass is 32.1. The van der Waals surface area contributed by atoms with Crippen LogP contribution in [-0.4, -0.2) is 23.6 Å². The SMILES string of the molecule is O=C(O)c1ccc(CNC(=O)c2cc3c(s2)CCOC3)cc1. The van der Waals surface area contributed by atoms with E-state index in [1.165, 1.54) is 28.3 Å². The highest BCUT2D eigenvalue weighted by molar-refractivity contribution is 7.14. The molecule has 22 heavy (non-hydrogen) atoms. The van der Waals surface area contributed by atoms with Gasteiger partial charge in [0, 0.05) is 17.8 Å². The monoisotopic (exact) mass is 317 g/mol. The van der Waals surface area contributed by atoms with E-state index >= 15 is 0 Å². The van der Waals surface area contributed by atoms with Crippen molar-refractivity contribution in [3.8, 4) is 0 Å². The second kappa shape index (κ2) is 6.29. The number of rotatable bonds is 4. The van der Waals surface area contributed by atoms with Crippen molar-refractivity contribution in [2.45, 2.75) is 19.6 Å². The van der Waals surface area contributed by atoms with Crippen LogP contribution in [0.5, 0.6) is 0 Å². The van der Waals surface area contributed by atoms with Crippen LogP contribution < -0.4 is 5.32 Å². The molecule has 1 aliphatic rings. The van der Waals surface area contributed by atoms with Crippen molar-refractivity contribution in [2.24, 2.45) is 0 Å². The standard InChI is InChI=1S/C16H15NO4S/c18-15(14-7-12-9-21-6-5-13(12)22-14)17-8-10-1-3-11(4-2-10)16(19)20/h1-4,7H,5-6,8-9H2,(H,17,18)(H,19,20). The van der Waals surface area contributed by atoms with Gasteiger partial charge in [-0.15, -0.1) is 11.3 Å². The number of hydrogen-bond donors (Lipinski definition) is 2. The lowest BCUT2D eigenvalue weighted by Gasteiger charge is -2.10. The topological polar surface area (TPSA) is 75.6 Å². The highest BCUT2D eigenvalue weighted by Gasteiger charge is 2.17. The number of aromatic carboxylic acids is 1. The zero-order valence-electron chi connectivity index (χ0n) is 11.8. The molecule has 3 rings (SSSR count). The lowest BCUT2D eigenvalue weighted by molar-refractivity contribution is 0.0696. The van der Waals surface area contributed by atoms with Crippen LogP contribution in [0.4, 0.5) is 0 Å². The Labute approximate surface area is 131 Å². The fourth-order valence-corrected chi connectivity index (χ4v) is 3.36. The molecule has 5 nitrogen and oxygen atoms in total. The summed E-state index contributed by atoms with van der Waals surface area (Å²) in [6.45, 7) is 1.66. The van der Waals surface area contributed by atoms with Crippen LogP contribution in [0.25, 0.3) is 0 Å².